The van der Waals surface area contributed by atoms with Gasteiger partial charge in [-0.05, 0) is 45.0 Å². The number of aliphatic imine (C=N–C) groups is 1. The number of hydrogen-bond donors (Lipinski definition) is 1. The zero-order chi connectivity index (χ0) is 18.9. The minimum Gasteiger partial charge on any atom is -0.469 e. The highest BCUT2D eigenvalue weighted by molar-refractivity contribution is 14.0. The molecule has 1 aliphatic rings. The average molecular weight is 488 g/mol. The van der Waals surface area contributed by atoms with Crippen molar-refractivity contribution in [3.8, 4) is 0 Å². The van der Waals surface area contributed by atoms with Crippen molar-refractivity contribution < 1.29 is 9.53 Å². The van der Waals surface area contributed by atoms with E-state index in [0.29, 0.717) is 6.54 Å². The highest BCUT2D eigenvalue weighted by atomic mass is 127. The number of piperidine rings is 1. The lowest BCUT2D eigenvalue weighted by Gasteiger charge is -2.33. The van der Waals surface area contributed by atoms with Crippen LogP contribution in [0.5, 0.6) is 0 Å². The van der Waals surface area contributed by atoms with Crippen LogP contribution in [0.2, 0.25) is 0 Å². The number of nitrogens with zero attached hydrogens (tertiary/aromatic N) is 3. The van der Waals surface area contributed by atoms with Gasteiger partial charge < -0.3 is 19.9 Å². The van der Waals surface area contributed by atoms with Gasteiger partial charge in [0.25, 0.3) is 0 Å². The molecule has 1 heterocycles. The average Bonchev–Trinajstić information content (AvgIpc) is 2.65. The van der Waals surface area contributed by atoms with Crippen LogP contribution in [0.15, 0.2) is 29.3 Å². The van der Waals surface area contributed by atoms with Crippen LogP contribution < -0.4 is 5.32 Å². The summed E-state index contributed by atoms with van der Waals surface area (Å²) >= 11 is 0. The van der Waals surface area contributed by atoms with Crippen molar-refractivity contribution in [2.75, 3.05) is 40.8 Å². The molecule has 0 bridgehead atoms. The zero-order valence-electron chi connectivity index (χ0n) is 16.9. The molecule has 0 aromatic heterocycles. The lowest BCUT2D eigenvalue weighted by Crippen LogP contribution is -2.46. The van der Waals surface area contributed by atoms with Crippen LogP contribution >= 0.6 is 24.0 Å². The predicted octanol–water partition coefficient (Wildman–Crippen LogP) is 2.72. The molecule has 0 atom stereocenters. The van der Waals surface area contributed by atoms with Gasteiger partial charge in [0.2, 0.25) is 0 Å². The number of likely N-dealkylation sites (tertiary alicyclic amines) is 1. The first kappa shape index (κ1) is 23.7. The highest BCUT2D eigenvalue weighted by Gasteiger charge is 2.26. The van der Waals surface area contributed by atoms with Crippen molar-refractivity contribution in [2.24, 2.45) is 10.9 Å². The summed E-state index contributed by atoms with van der Waals surface area (Å²) in [6.45, 7) is 6.16. The zero-order valence-corrected chi connectivity index (χ0v) is 19.2. The number of carbonyl (C=O) groups is 1. The maximum absolute atomic E-state index is 11.7. The van der Waals surface area contributed by atoms with E-state index < -0.39 is 0 Å². The minimum atomic E-state index is -0.0931. The third-order valence-corrected chi connectivity index (χ3v) is 4.60. The summed E-state index contributed by atoms with van der Waals surface area (Å²) in [5.74, 6) is 0.848. The van der Waals surface area contributed by atoms with Gasteiger partial charge >= 0.3 is 5.97 Å². The van der Waals surface area contributed by atoms with Gasteiger partial charge in [-0.2, -0.15) is 0 Å². The normalized spacial score (nSPS) is 15.4. The fourth-order valence-electron chi connectivity index (χ4n) is 3.20. The Hall–Kier alpha value is -1.35. The molecular formula is C20H33IN4O2. The summed E-state index contributed by atoms with van der Waals surface area (Å²) in [6.07, 6.45) is 1.63. The van der Waals surface area contributed by atoms with E-state index >= 15 is 0 Å². The molecule has 6 nitrogen and oxygen atoms in total. The number of halogens is 1. The Kier molecular flexibility index (Phi) is 10.7. The van der Waals surface area contributed by atoms with Gasteiger partial charge in [0.05, 0.1) is 19.6 Å². The van der Waals surface area contributed by atoms with Gasteiger partial charge in [-0.15, -0.1) is 24.0 Å². The van der Waals surface area contributed by atoms with Crippen LogP contribution in [-0.4, -0.2) is 62.6 Å². The number of esters is 1. The first-order chi connectivity index (χ1) is 12.5. The number of guanidine groups is 1. The molecule has 152 valence electrons. The Labute approximate surface area is 180 Å². The second kappa shape index (κ2) is 12.2. The monoisotopic (exact) mass is 488 g/mol. The summed E-state index contributed by atoms with van der Waals surface area (Å²) in [4.78, 5) is 20.9. The minimum absolute atomic E-state index is 0. The highest BCUT2D eigenvalue weighted by Crippen LogP contribution is 2.18. The molecule has 1 saturated heterocycles. The van der Waals surface area contributed by atoms with E-state index in [4.69, 9.17) is 9.73 Å². The molecule has 0 saturated carbocycles. The molecule has 1 aliphatic heterocycles. The first-order valence-corrected chi connectivity index (χ1v) is 9.37. The van der Waals surface area contributed by atoms with E-state index in [2.05, 4.69) is 60.4 Å². The number of nitrogens with one attached hydrogen (secondary N) is 1. The lowest BCUT2D eigenvalue weighted by molar-refractivity contribution is -0.146. The molecule has 0 spiro atoms. The molecule has 0 radical (unpaired) electrons. The van der Waals surface area contributed by atoms with E-state index in [0.717, 1.165) is 45.0 Å². The van der Waals surface area contributed by atoms with Crippen molar-refractivity contribution in [1.82, 2.24) is 15.1 Å². The molecule has 1 aromatic carbocycles. The van der Waals surface area contributed by atoms with Crippen molar-refractivity contribution in [3.63, 3.8) is 0 Å². The number of benzene rings is 1. The number of ether oxygens (including phenoxy) is 1. The quantitative estimate of drug-likeness (QED) is 0.289. The molecule has 1 N–H and O–H groups in total. The Balaban J connectivity index is 0.00000364. The molecule has 7 heteroatoms. The third kappa shape index (κ3) is 7.65. The molecule has 2 rings (SSSR count). The number of methoxy groups -OCH3 is 1. The van der Waals surface area contributed by atoms with Crippen LogP contribution in [0.25, 0.3) is 0 Å². The molecule has 0 aliphatic carbocycles. The molecular weight excluding hydrogens is 455 g/mol. The topological polar surface area (TPSA) is 57.2 Å². The molecule has 27 heavy (non-hydrogen) atoms. The van der Waals surface area contributed by atoms with Gasteiger partial charge in [0.1, 0.15) is 0 Å². The molecule has 0 amide bonds. The van der Waals surface area contributed by atoms with Crippen molar-refractivity contribution in [1.29, 1.82) is 0 Å². The summed E-state index contributed by atoms with van der Waals surface area (Å²) in [5, 5.41) is 3.37. The van der Waals surface area contributed by atoms with E-state index in [1.54, 1.807) is 0 Å². The summed E-state index contributed by atoms with van der Waals surface area (Å²) in [5.41, 5.74) is 2.51. The predicted molar refractivity (Wildman–Crippen MR) is 120 cm³/mol. The Morgan fingerprint density at radius 1 is 1.22 bits per heavy atom. The first-order valence-electron chi connectivity index (χ1n) is 9.37. The maximum Gasteiger partial charge on any atom is 0.308 e. The van der Waals surface area contributed by atoms with Crippen LogP contribution in [0.3, 0.4) is 0 Å². The number of carbonyl (C=O) groups excluding carboxylic acids is 1. The maximum atomic E-state index is 11.7. The van der Waals surface area contributed by atoms with Crippen LogP contribution in [0.1, 0.15) is 30.9 Å². The van der Waals surface area contributed by atoms with Crippen molar-refractivity contribution in [2.45, 2.75) is 32.9 Å². The van der Waals surface area contributed by atoms with Gasteiger partial charge in [0.15, 0.2) is 5.96 Å². The van der Waals surface area contributed by atoms with E-state index in [1.165, 1.54) is 18.2 Å². The smallest absolute Gasteiger partial charge is 0.308 e. The summed E-state index contributed by atoms with van der Waals surface area (Å²) in [6, 6.07) is 8.63. The SMILES string of the molecule is CCNC(=NCc1ccc(CN(C)C)cc1)N1CCC(C(=O)OC)CC1.I. The Morgan fingerprint density at radius 3 is 2.33 bits per heavy atom. The number of hydrogen-bond acceptors (Lipinski definition) is 4. The summed E-state index contributed by atoms with van der Waals surface area (Å²) in [7, 11) is 5.61. The van der Waals surface area contributed by atoms with Crippen LogP contribution in [-0.2, 0) is 22.6 Å². The standard InChI is InChI=1S/C20H32N4O2.HI/c1-5-21-20(24-12-10-18(11-13-24)19(25)26-4)22-14-16-6-8-17(9-7-16)15-23(2)3;/h6-9,18H,5,10-15H2,1-4H3,(H,21,22);1H. The number of rotatable bonds is 6. The van der Waals surface area contributed by atoms with Gasteiger partial charge in [0, 0.05) is 26.2 Å². The van der Waals surface area contributed by atoms with Gasteiger partial charge in [-0.25, -0.2) is 4.99 Å². The Morgan fingerprint density at radius 2 is 1.81 bits per heavy atom. The van der Waals surface area contributed by atoms with E-state index in [9.17, 15) is 4.79 Å². The van der Waals surface area contributed by atoms with Crippen molar-refractivity contribution >= 4 is 35.9 Å². The Bertz CT molecular complexity index is 597. The second-order valence-corrected chi connectivity index (χ2v) is 7.01. The fraction of sp³-hybridized carbons (Fsp3) is 0.600. The second-order valence-electron chi connectivity index (χ2n) is 7.01. The summed E-state index contributed by atoms with van der Waals surface area (Å²) < 4.78 is 4.87. The fourth-order valence-corrected chi connectivity index (χ4v) is 3.20. The van der Waals surface area contributed by atoms with E-state index in [1.807, 2.05) is 0 Å². The lowest BCUT2D eigenvalue weighted by atomic mass is 9.97. The molecule has 1 aromatic rings. The third-order valence-electron chi connectivity index (χ3n) is 4.60. The van der Waals surface area contributed by atoms with Crippen LogP contribution in [0.4, 0.5) is 0 Å². The largest absolute Gasteiger partial charge is 0.469 e. The van der Waals surface area contributed by atoms with E-state index in [-0.39, 0.29) is 35.9 Å². The van der Waals surface area contributed by atoms with Crippen LogP contribution in [0, 0.1) is 5.92 Å². The van der Waals surface area contributed by atoms with Gasteiger partial charge in [-0.3, -0.25) is 4.79 Å². The van der Waals surface area contributed by atoms with Crippen molar-refractivity contribution in [3.05, 3.63) is 35.4 Å². The molecule has 0 unspecified atom stereocenters. The molecule has 1 fully saturated rings. The van der Waals surface area contributed by atoms with Gasteiger partial charge in [-0.1, -0.05) is 24.3 Å².